The highest BCUT2D eigenvalue weighted by atomic mass is 19.4. The number of halogens is 3. The average Bonchev–Trinajstić information content (AvgIpc) is 2.36. The third-order valence-electron chi connectivity index (χ3n) is 2.73. The zero-order valence-corrected chi connectivity index (χ0v) is 12.0. The molecule has 0 heterocycles. The Morgan fingerprint density at radius 2 is 1.90 bits per heavy atom. The Hall–Kier alpha value is -1.07. The van der Waals surface area contributed by atoms with E-state index in [4.69, 9.17) is 4.74 Å². The lowest BCUT2D eigenvalue weighted by molar-refractivity contribution is -0.138. The molecule has 0 fully saturated rings. The van der Waals surface area contributed by atoms with E-state index in [1.807, 2.05) is 0 Å². The molecule has 0 aliphatic carbocycles. The molecule has 1 N–H and O–H groups in total. The first-order valence-electron chi connectivity index (χ1n) is 6.85. The maximum absolute atomic E-state index is 12.8. The average molecular weight is 289 g/mol. The van der Waals surface area contributed by atoms with E-state index in [1.165, 1.54) is 12.1 Å². The topological polar surface area (TPSA) is 21.3 Å². The van der Waals surface area contributed by atoms with E-state index in [0.717, 1.165) is 19.1 Å². The molecule has 0 amide bonds. The van der Waals surface area contributed by atoms with Crippen molar-refractivity contribution in [1.82, 2.24) is 5.32 Å². The minimum absolute atomic E-state index is 0.222. The van der Waals surface area contributed by atoms with Crippen molar-refractivity contribution in [1.29, 1.82) is 0 Å². The molecule has 0 saturated carbocycles. The molecule has 0 bridgehead atoms. The van der Waals surface area contributed by atoms with Gasteiger partial charge < -0.3 is 10.1 Å². The first kappa shape index (κ1) is 17.0. The van der Waals surface area contributed by atoms with Crippen LogP contribution in [0.4, 0.5) is 13.2 Å². The van der Waals surface area contributed by atoms with Crippen LogP contribution in [0.1, 0.15) is 31.4 Å². The number of ether oxygens (including phenoxy) is 1. The van der Waals surface area contributed by atoms with Gasteiger partial charge in [-0.05, 0) is 30.5 Å². The molecule has 0 spiro atoms. The van der Waals surface area contributed by atoms with Crippen molar-refractivity contribution in [3.8, 4) is 0 Å². The van der Waals surface area contributed by atoms with Crippen LogP contribution in [0.15, 0.2) is 24.3 Å². The molecule has 0 radical (unpaired) electrons. The van der Waals surface area contributed by atoms with Crippen molar-refractivity contribution in [2.45, 2.75) is 33.0 Å². The van der Waals surface area contributed by atoms with Crippen LogP contribution >= 0.6 is 0 Å². The summed E-state index contributed by atoms with van der Waals surface area (Å²) in [5, 5.41) is 3.02. The summed E-state index contributed by atoms with van der Waals surface area (Å²) in [5.41, 5.74) is -0.286. The lowest BCUT2D eigenvalue weighted by Gasteiger charge is -2.13. The van der Waals surface area contributed by atoms with Gasteiger partial charge in [-0.15, -0.1) is 0 Å². The Morgan fingerprint density at radius 3 is 2.55 bits per heavy atom. The number of alkyl halides is 3. The van der Waals surface area contributed by atoms with Crippen molar-refractivity contribution in [2.24, 2.45) is 5.92 Å². The van der Waals surface area contributed by atoms with Gasteiger partial charge in [0.05, 0.1) is 5.56 Å². The second-order valence-electron chi connectivity index (χ2n) is 5.15. The van der Waals surface area contributed by atoms with Gasteiger partial charge in [-0.3, -0.25) is 0 Å². The molecule has 2 nitrogen and oxygen atoms in total. The van der Waals surface area contributed by atoms with Gasteiger partial charge in [0.1, 0.15) is 0 Å². The van der Waals surface area contributed by atoms with Gasteiger partial charge in [-0.2, -0.15) is 13.2 Å². The molecule has 1 aromatic rings. The second-order valence-corrected chi connectivity index (χ2v) is 5.15. The van der Waals surface area contributed by atoms with E-state index in [2.05, 4.69) is 19.2 Å². The van der Waals surface area contributed by atoms with Crippen LogP contribution in [0.3, 0.4) is 0 Å². The van der Waals surface area contributed by atoms with E-state index in [9.17, 15) is 13.2 Å². The second kappa shape index (κ2) is 8.27. The summed E-state index contributed by atoms with van der Waals surface area (Å²) in [7, 11) is 0. The summed E-state index contributed by atoms with van der Waals surface area (Å²) in [6, 6.07) is 5.65. The monoisotopic (exact) mass is 289 g/mol. The summed E-state index contributed by atoms with van der Waals surface area (Å²) in [5.74, 6) is 0.502. The van der Waals surface area contributed by atoms with Gasteiger partial charge >= 0.3 is 6.18 Å². The van der Waals surface area contributed by atoms with E-state index >= 15 is 0 Å². The van der Waals surface area contributed by atoms with Crippen LogP contribution in [-0.2, 0) is 17.5 Å². The molecule has 0 unspecified atom stereocenters. The highest BCUT2D eigenvalue weighted by Crippen LogP contribution is 2.31. The molecule has 1 rings (SSSR count). The number of rotatable bonds is 8. The largest absolute Gasteiger partial charge is 0.416 e. The lowest BCUT2D eigenvalue weighted by Crippen LogP contribution is -2.19. The Kier molecular flexibility index (Phi) is 7.02. The Morgan fingerprint density at radius 1 is 1.20 bits per heavy atom. The molecule has 0 aliphatic rings. The van der Waals surface area contributed by atoms with Crippen LogP contribution in [0.5, 0.6) is 0 Å². The van der Waals surface area contributed by atoms with E-state index in [-0.39, 0.29) is 12.1 Å². The standard InChI is InChI=1S/C15H22F3NO/c1-12(2)11-20-9-5-8-19-10-13-6-3-4-7-14(13)15(16,17)18/h3-4,6-7,12,19H,5,8-11H2,1-2H3. The third-order valence-corrected chi connectivity index (χ3v) is 2.73. The van der Waals surface area contributed by atoms with Gasteiger partial charge in [0.2, 0.25) is 0 Å². The van der Waals surface area contributed by atoms with E-state index < -0.39 is 11.7 Å². The smallest absolute Gasteiger partial charge is 0.381 e. The normalized spacial score (nSPS) is 12.1. The predicted octanol–water partition coefficient (Wildman–Crippen LogP) is 3.86. The third kappa shape index (κ3) is 6.39. The molecule has 20 heavy (non-hydrogen) atoms. The summed E-state index contributed by atoms with van der Waals surface area (Å²) in [4.78, 5) is 0. The predicted molar refractivity (Wildman–Crippen MR) is 73.4 cm³/mol. The van der Waals surface area contributed by atoms with Crippen molar-refractivity contribution in [2.75, 3.05) is 19.8 Å². The Balaban J connectivity index is 2.29. The first-order valence-corrected chi connectivity index (χ1v) is 6.85. The highest BCUT2D eigenvalue weighted by Gasteiger charge is 2.32. The van der Waals surface area contributed by atoms with Crippen LogP contribution < -0.4 is 5.32 Å². The van der Waals surface area contributed by atoms with Crippen molar-refractivity contribution in [3.63, 3.8) is 0 Å². The lowest BCUT2D eigenvalue weighted by atomic mass is 10.1. The van der Waals surface area contributed by atoms with Gasteiger partial charge in [0, 0.05) is 19.8 Å². The van der Waals surface area contributed by atoms with Gasteiger partial charge in [0.15, 0.2) is 0 Å². The van der Waals surface area contributed by atoms with Crippen molar-refractivity contribution in [3.05, 3.63) is 35.4 Å². The summed E-state index contributed by atoms with van der Waals surface area (Å²) < 4.78 is 43.7. The van der Waals surface area contributed by atoms with Crippen LogP contribution in [0, 0.1) is 5.92 Å². The summed E-state index contributed by atoms with van der Waals surface area (Å²) in [6.07, 6.45) is -3.50. The molecule has 0 aromatic heterocycles. The molecule has 114 valence electrons. The molecule has 0 aliphatic heterocycles. The summed E-state index contributed by atoms with van der Waals surface area (Å²) in [6.45, 7) is 6.37. The maximum atomic E-state index is 12.8. The quantitative estimate of drug-likeness (QED) is 0.734. The zero-order chi connectivity index (χ0) is 15.0. The molecule has 0 atom stereocenters. The fourth-order valence-corrected chi connectivity index (χ4v) is 1.79. The SMILES string of the molecule is CC(C)COCCCNCc1ccccc1C(F)(F)F. The first-order chi connectivity index (χ1) is 9.41. The fourth-order valence-electron chi connectivity index (χ4n) is 1.79. The zero-order valence-electron chi connectivity index (χ0n) is 12.0. The van der Waals surface area contributed by atoms with Crippen molar-refractivity contribution < 1.29 is 17.9 Å². The molecular formula is C15H22F3NO. The Bertz CT molecular complexity index is 391. The molecular weight excluding hydrogens is 267 g/mol. The van der Waals surface area contributed by atoms with Crippen LogP contribution in [0.25, 0.3) is 0 Å². The number of benzene rings is 1. The van der Waals surface area contributed by atoms with E-state index in [0.29, 0.717) is 19.1 Å². The van der Waals surface area contributed by atoms with Crippen LogP contribution in [0.2, 0.25) is 0 Å². The molecule has 5 heteroatoms. The van der Waals surface area contributed by atoms with Gasteiger partial charge in [-0.25, -0.2) is 0 Å². The highest BCUT2D eigenvalue weighted by molar-refractivity contribution is 5.29. The minimum atomic E-state index is -4.29. The maximum Gasteiger partial charge on any atom is 0.416 e. The molecule has 0 saturated heterocycles. The fraction of sp³-hybridized carbons (Fsp3) is 0.600. The molecule has 1 aromatic carbocycles. The Labute approximate surface area is 118 Å². The minimum Gasteiger partial charge on any atom is -0.381 e. The van der Waals surface area contributed by atoms with Gasteiger partial charge in [0.25, 0.3) is 0 Å². The number of hydrogen-bond acceptors (Lipinski definition) is 2. The number of hydrogen-bond donors (Lipinski definition) is 1. The summed E-state index contributed by atoms with van der Waals surface area (Å²) >= 11 is 0. The van der Waals surface area contributed by atoms with Crippen molar-refractivity contribution >= 4 is 0 Å². The van der Waals surface area contributed by atoms with E-state index in [1.54, 1.807) is 6.07 Å². The van der Waals surface area contributed by atoms with Crippen LogP contribution in [-0.4, -0.2) is 19.8 Å². The van der Waals surface area contributed by atoms with Gasteiger partial charge in [-0.1, -0.05) is 32.0 Å². The number of nitrogens with one attached hydrogen (secondary N) is 1.